The van der Waals surface area contributed by atoms with Crippen LogP contribution < -0.4 is 0 Å². The number of nitrogens with one attached hydrogen (secondary N) is 1. The Bertz CT molecular complexity index is 387. The standard InChI is InChI=1S/C11H13ClN2/c1-8(12)6-7-11-13-9-4-2-3-5-10(9)14-11/h2-5,8H,6-7H2,1H3,(H,13,14). The van der Waals surface area contributed by atoms with Crippen molar-refractivity contribution in [3.05, 3.63) is 30.1 Å². The van der Waals surface area contributed by atoms with Gasteiger partial charge in [0.1, 0.15) is 5.82 Å². The number of rotatable bonds is 3. The number of aryl methyl sites for hydroxylation is 1. The van der Waals surface area contributed by atoms with E-state index < -0.39 is 0 Å². The number of nitrogens with zero attached hydrogens (tertiary/aromatic N) is 1. The van der Waals surface area contributed by atoms with Crippen molar-refractivity contribution in [2.24, 2.45) is 0 Å². The van der Waals surface area contributed by atoms with E-state index in [2.05, 4.69) is 9.97 Å². The van der Waals surface area contributed by atoms with Crippen LogP contribution >= 0.6 is 11.6 Å². The minimum Gasteiger partial charge on any atom is -0.342 e. The van der Waals surface area contributed by atoms with Crippen molar-refractivity contribution < 1.29 is 0 Å². The van der Waals surface area contributed by atoms with Crippen molar-refractivity contribution in [2.75, 3.05) is 0 Å². The van der Waals surface area contributed by atoms with Crippen LogP contribution in [0.1, 0.15) is 19.2 Å². The Labute approximate surface area is 88.3 Å². The first-order valence-electron chi connectivity index (χ1n) is 4.83. The highest BCUT2D eigenvalue weighted by atomic mass is 35.5. The molecular formula is C11H13ClN2. The lowest BCUT2D eigenvalue weighted by atomic mass is 10.2. The molecule has 0 fully saturated rings. The molecule has 0 amide bonds. The van der Waals surface area contributed by atoms with Gasteiger partial charge < -0.3 is 4.98 Å². The van der Waals surface area contributed by atoms with E-state index in [1.54, 1.807) is 0 Å². The lowest BCUT2D eigenvalue weighted by Gasteiger charge is -1.98. The van der Waals surface area contributed by atoms with Crippen molar-refractivity contribution in [2.45, 2.75) is 25.1 Å². The van der Waals surface area contributed by atoms with Gasteiger partial charge in [0.25, 0.3) is 0 Å². The number of imidazole rings is 1. The van der Waals surface area contributed by atoms with Crippen molar-refractivity contribution >= 4 is 22.6 Å². The Hall–Kier alpha value is -1.02. The molecule has 1 aromatic heterocycles. The van der Waals surface area contributed by atoms with Crippen LogP contribution in [0.4, 0.5) is 0 Å². The maximum absolute atomic E-state index is 5.88. The molecular weight excluding hydrogens is 196 g/mol. The zero-order chi connectivity index (χ0) is 9.97. The van der Waals surface area contributed by atoms with E-state index in [1.165, 1.54) is 0 Å². The summed E-state index contributed by atoms with van der Waals surface area (Å²) in [6.45, 7) is 2.00. The smallest absolute Gasteiger partial charge is 0.107 e. The van der Waals surface area contributed by atoms with E-state index in [4.69, 9.17) is 11.6 Å². The largest absolute Gasteiger partial charge is 0.342 e. The number of para-hydroxylation sites is 2. The molecule has 0 radical (unpaired) electrons. The molecule has 2 rings (SSSR count). The van der Waals surface area contributed by atoms with Gasteiger partial charge in [-0.1, -0.05) is 12.1 Å². The van der Waals surface area contributed by atoms with Crippen LogP contribution in [0, 0.1) is 0 Å². The maximum Gasteiger partial charge on any atom is 0.107 e. The van der Waals surface area contributed by atoms with E-state index in [0.717, 1.165) is 29.7 Å². The molecule has 14 heavy (non-hydrogen) atoms. The van der Waals surface area contributed by atoms with Gasteiger partial charge in [0, 0.05) is 11.8 Å². The quantitative estimate of drug-likeness (QED) is 0.772. The number of hydrogen-bond acceptors (Lipinski definition) is 1. The summed E-state index contributed by atoms with van der Waals surface area (Å²) in [6.07, 6.45) is 1.88. The molecule has 0 saturated carbocycles. The molecule has 3 heteroatoms. The summed E-state index contributed by atoms with van der Waals surface area (Å²) in [5.74, 6) is 1.03. The molecule has 2 nitrogen and oxygen atoms in total. The summed E-state index contributed by atoms with van der Waals surface area (Å²) in [5.41, 5.74) is 2.13. The molecule has 1 aromatic carbocycles. The molecule has 0 saturated heterocycles. The van der Waals surface area contributed by atoms with Crippen molar-refractivity contribution in [1.29, 1.82) is 0 Å². The third-order valence-electron chi connectivity index (χ3n) is 2.22. The molecule has 0 bridgehead atoms. The molecule has 0 aliphatic carbocycles. The number of aromatic nitrogens is 2. The molecule has 0 aliphatic heterocycles. The molecule has 1 unspecified atom stereocenters. The van der Waals surface area contributed by atoms with Crippen molar-refractivity contribution in [3.8, 4) is 0 Å². The average Bonchev–Trinajstić information content (AvgIpc) is 2.57. The number of fused-ring (bicyclic) bond motifs is 1. The van der Waals surface area contributed by atoms with Crippen LogP contribution in [-0.4, -0.2) is 15.3 Å². The Balaban J connectivity index is 2.19. The monoisotopic (exact) mass is 208 g/mol. The van der Waals surface area contributed by atoms with Crippen molar-refractivity contribution in [3.63, 3.8) is 0 Å². The molecule has 1 N–H and O–H groups in total. The summed E-state index contributed by atoms with van der Waals surface area (Å²) in [5, 5.41) is 0.211. The second-order valence-electron chi connectivity index (χ2n) is 3.52. The fourth-order valence-electron chi connectivity index (χ4n) is 1.46. The summed E-state index contributed by atoms with van der Waals surface area (Å²) < 4.78 is 0. The molecule has 0 spiro atoms. The van der Waals surface area contributed by atoms with Crippen LogP contribution in [-0.2, 0) is 6.42 Å². The maximum atomic E-state index is 5.88. The van der Waals surface area contributed by atoms with Crippen LogP contribution in [0.3, 0.4) is 0 Å². The third kappa shape index (κ3) is 2.07. The minimum absolute atomic E-state index is 0.211. The lowest BCUT2D eigenvalue weighted by Crippen LogP contribution is -1.95. The van der Waals surface area contributed by atoms with Crippen LogP contribution in [0.5, 0.6) is 0 Å². The number of benzene rings is 1. The van der Waals surface area contributed by atoms with E-state index in [0.29, 0.717) is 0 Å². The first-order valence-corrected chi connectivity index (χ1v) is 5.27. The van der Waals surface area contributed by atoms with E-state index in [-0.39, 0.29) is 5.38 Å². The second-order valence-corrected chi connectivity index (χ2v) is 4.27. The lowest BCUT2D eigenvalue weighted by molar-refractivity contribution is 0.772. The van der Waals surface area contributed by atoms with Crippen molar-refractivity contribution in [1.82, 2.24) is 9.97 Å². The Morgan fingerprint density at radius 1 is 1.43 bits per heavy atom. The van der Waals surface area contributed by atoms with Crippen LogP contribution in [0.25, 0.3) is 11.0 Å². The molecule has 2 aromatic rings. The number of H-pyrrole nitrogens is 1. The minimum atomic E-state index is 0.211. The van der Waals surface area contributed by atoms with Crippen LogP contribution in [0.2, 0.25) is 0 Å². The zero-order valence-corrected chi connectivity index (χ0v) is 8.88. The van der Waals surface area contributed by atoms with Gasteiger partial charge in [0.15, 0.2) is 0 Å². The predicted molar refractivity (Wildman–Crippen MR) is 59.7 cm³/mol. The number of halogens is 1. The fraction of sp³-hybridized carbons (Fsp3) is 0.364. The predicted octanol–water partition coefficient (Wildman–Crippen LogP) is 3.12. The Morgan fingerprint density at radius 2 is 2.21 bits per heavy atom. The van der Waals surface area contributed by atoms with E-state index in [9.17, 15) is 0 Å². The van der Waals surface area contributed by atoms with Gasteiger partial charge in [-0.2, -0.15) is 0 Å². The number of hydrogen-bond donors (Lipinski definition) is 1. The Kier molecular flexibility index (Phi) is 2.73. The number of alkyl halides is 1. The van der Waals surface area contributed by atoms with Gasteiger partial charge >= 0.3 is 0 Å². The van der Waals surface area contributed by atoms with E-state index >= 15 is 0 Å². The normalized spacial score (nSPS) is 13.3. The summed E-state index contributed by atoms with van der Waals surface area (Å²) in [4.78, 5) is 7.75. The molecule has 0 aliphatic rings. The SMILES string of the molecule is CC(Cl)CCc1nc2ccccc2[nH]1. The van der Waals surface area contributed by atoms with E-state index in [1.807, 2.05) is 31.2 Å². The molecule has 74 valence electrons. The van der Waals surface area contributed by atoms with Gasteiger partial charge in [-0.05, 0) is 25.5 Å². The third-order valence-corrected chi connectivity index (χ3v) is 2.44. The van der Waals surface area contributed by atoms with Gasteiger partial charge in [-0.3, -0.25) is 0 Å². The number of aromatic amines is 1. The first kappa shape index (κ1) is 9.53. The highest BCUT2D eigenvalue weighted by Gasteiger charge is 2.03. The van der Waals surface area contributed by atoms with Gasteiger partial charge in [-0.15, -0.1) is 11.6 Å². The fourth-order valence-corrected chi connectivity index (χ4v) is 1.57. The Morgan fingerprint density at radius 3 is 2.93 bits per heavy atom. The summed E-state index contributed by atoms with van der Waals surface area (Å²) in [6, 6.07) is 8.06. The summed E-state index contributed by atoms with van der Waals surface area (Å²) >= 11 is 5.88. The van der Waals surface area contributed by atoms with Gasteiger partial charge in [0.05, 0.1) is 11.0 Å². The average molecular weight is 209 g/mol. The summed E-state index contributed by atoms with van der Waals surface area (Å²) in [7, 11) is 0. The first-order chi connectivity index (χ1) is 6.75. The highest BCUT2D eigenvalue weighted by Crippen LogP contribution is 2.12. The zero-order valence-electron chi connectivity index (χ0n) is 8.13. The van der Waals surface area contributed by atoms with Gasteiger partial charge in [-0.25, -0.2) is 4.98 Å². The second kappa shape index (κ2) is 4.01. The van der Waals surface area contributed by atoms with Gasteiger partial charge in [0.2, 0.25) is 0 Å². The van der Waals surface area contributed by atoms with Crippen LogP contribution in [0.15, 0.2) is 24.3 Å². The highest BCUT2D eigenvalue weighted by molar-refractivity contribution is 6.20. The topological polar surface area (TPSA) is 28.7 Å². The molecule has 1 heterocycles. The molecule has 1 atom stereocenters.